The van der Waals surface area contributed by atoms with Crippen LogP contribution in [0.2, 0.25) is 0 Å². The van der Waals surface area contributed by atoms with Crippen LogP contribution < -0.4 is 21.5 Å². The van der Waals surface area contributed by atoms with Gasteiger partial charge in [-0.15, -0.1) is 0 Å². The van der Waals surface area contributed by atoms with E-state index in [1.165, 1.54) is 0 Å². The van der Waals surface area contributed by atoms with E-state index in [1.54, 1.807) is 12.4 Å². The number of amides is 1. The van der Waals surface area contributed by atoms with Crippen LogP contribution in [0.1, 0.15) is 31.2 Å². The number of nitrogens with one attached hydrogen (secondary N) is 1. The van der Waals surface area contributed by atoms with Crippen molar-refractivity contribution in [2.45, 2.75) is 44.8 Å². The third-order valence-corrected chi connectivity index (χ3v) is 6.40. The summed E-state index contributed by atoms with van der Waals surface area (Å²) >= 11 is 0. The number of rotatable bonds is 6. The molecule has 2 aromatic carbocycles. The minimum absolute atomic E-state index is 0.129. The fraction of sp³-hybridized carbons (Fsp3) is 0.259. The predicted octanol–water partition coefficient (Wildman–Crippen LogP) is 5.19. The molecule has 0 atom stereocenters. The van der Waals surface area contributed by atoms with Gasteiger partial charge in [-0.2, -0.15) is 0 Å². The third kappa shape index (κ3) is 5.00. The third-order valence-electron chi connectivity index (χ3n) is 6.40. The number of hydrogen-bond acceptors (Lipinski definition) is 8. The molecule has 1 aliphatic rings. The average Bonchev–Trinajstić information content (AvgIpc) is 2.88. The van der Waals surface area contributed by atoms with Crippen LogP contribution in [-0.2, 0) is 4.74 Å². The number of nitrogens with two attached hydrogens (primary N) is 2. The van der Waals surface area contributed by atoms with Crippen LogP contribution in [0.5, 0.6) is 11.6 Å². The molecule has 184 valence electrons. The second-order valence-electron chi connectivity index (χ2n) is 8.94. The molecule has 0 unspecified atom stereocenters. The van der Waals surface area contributed by atoms with Gasteiger partial charge in [-0.1, -0.05) is 24.3 Å². The Bertz CT molecular complexity index is 1400. The Kier molecular flexibility index (Phi) is 6.53. The topological polar surface area (TPSA) is 138 Å². The minimum Gasteiger partial charge on any atom is -0.446 e. The molecule has 1 amide bonds. The molecule has 5 N–H and O–H groups in total. The quantitative estimate of drug-likeness (QED) is 0.318. The highest BCUT2D eigenvalue weighted by molar-refractivity contribution is 5.98. The number of pyridine rings is 1. The molecule has 4 aromatic rings. The van der Waals surface area contributed by atoms with Crippen molar-refractivity contribution in [1.82, 2.24) is 15.0 Å². The molecular weight excluding hydrogens is 456 g/mol. The van der Waals surface area contributed by atoms with Gasteiger partial charge in [-0.05, 0) is 62.4 Å². The zero-order chi connectivity index (χ0) is 25.1. The Hall–Kier alpha value is -4.40. The van der Waals surface area contributed by atoms with E-state index >= 15 is 0 Å². The summed E-state index contributed by atoms with van der Waals surface area (Å²) in [6.07, 6.45) is 5.71. The molecule has 0 radical (unpaired) electrons. The lowest BCUT2D eigenvalue weighted by Crippen LogP contribution is -2.32. The first kappa shape index (κ1) is 23.3. The summed E-state index contributed by atoms with van der Waals surface area (Å²) in [7, 11) is 0. The SMILES string of the molecule is Cc1cc(N)c2ccccc2c1Oc1ncccc1-c1ccnc(NC2CCC(OC(N)=O)CC2)n1. The number of carbonyl (C=O) groups excluding carboxylic acids is 1. The summed E-state index contributed by atoms with van der Waals surface area (Å²) in [5, 5.41) is 5.26. The fourth-order valence-corrected chi connectivity index (χ4v) is 4.67. The number of anilines is 2. The number of fused-ring (bicyclic) bond motifs is 1. The Morgan fingerprint density at radius 1 is 1.00 bits per heavy atom. The molecule has 1 aliphatic carbocycles. The minimum atomic E-state index is -0.723. The lowest BCUT2D eigenvalue weighted by molar-refractivity contribution is 0.0805. The van der Waals surface area contributed by atoms with Crippen LogP contribution in [0.25, 0.3) is 22.0 Å². The molecule has 1 saturated carbocycles. The van der Waals surface area contributed by atoms with Gasteiger partial charge < -0.3 is 26.3 Å². The maximum absolute atomic E-state index is 11.0. The summed E-state index contributed by atoms with van der Waals surface area (Å²) in [5.74, 6) is 1.68. The Morgan fingerprint density at radius 2 is 1.78 bits per heavy atom. The maximum Gasteiger partial charge on any atom is 0.404 e. The van der Waals surface area contributed by atoms with Crippen LogP contribution in [0.15, 0.2) is 60.9 Å². The van der Waals surface area contributed by atoms with Crippen molar-refractivity contribution in [2.75, 3.05) is 11.1 Å². The van der Waals surface area contributed by atoms with E-state index in [2.05, 4.69) is 15.3 Å². The number of aryl methyl sites for hydroxylation is 1. The molecule has 0 spiro atoms. The summed E-state index contributed by atoms with van der Waals surface area (Å²) < 4.78 is 11.5. The molecular formula is C27H28N6O3. The van der Waals surface area contributed by atoms with Crippen molar-refractivity contribution in [3.8, 4) is 22.9 Å². The van der Waals surface area contributed by atoms with Crippen molar-refractivity contribution < 1.29 is 14.3 Å². The number of ether oxygens (including phenoxy) is 2. The predicted molar refractivity (Wildman–Crippen MR) is 139 cm³/mol. The highest BCUT2D eigenvalue weighted by atomic mass is 16.6. The number of carbonyl (C=O) groups is 1. The number of hydrogen-bond donors (Lipinski definition) is 3. The van der Waals surface area contributed by atoms with Gasteiger partial charge in [0.25, 0.3) is 0 Å². The molecule has 9 nitrogen and oxygen atoms in total. The first-order valence-corrected chi connectivity index (χ1v) is 11.9. The molecule has 36 heavy (non-hydrogen) atoms. The van der Waals surface area contributed by atoms with Crippen LogP contribution in [-0.4, -0.2) is 33.2 Å². The molecule has 0 aliphatic heterocycles. The van der Waals surface area contributed by atoms with E-state index < -0.39 is 6.09 Å². The summed E-state index contributed by atoms with van der Waals surface area (Å²) in [6, 6.07) is 15.6. The maximum atomic E-state index is 11.0. The first-order chi connectivity index (χ1) is 17.5. The smallest absolute Gasteiger partial charge is 0.404 e. The van der Waals surface area contributed by atoms with Gasteiger partial charge in [0.05, 0.1) is 11.3 Å². The van der Waals surface area contributed by atoms with Gasteiger partial charge in [-0.25, -0.2) is 19.7 Å². The van der Waals surface area contributed by atoms with Crippen molar-refractivity contribution in [2.24, 2.45) is 5.73 Å². The van der Waals surface area contributed by atoms with Crippen molar-refractivity contribution in [1.29, 1.82) is 0 Å². The van der Waals surface area contributed by atoms with E-state index in [1.807, 2.05) is 55.5 Å². The van der Waals surface area contributed by atoms with E-state index in [0.29, 0.717) is 29.0 Å². The molecule has 5 rings (SSSR count). The van der Waals surface area contributed by atoms with Crippen LogP contribution in [0, 0.1) is 6.92 Å². The van der Waals surface area contributed by atoms with E-state index in [9.17, 15) is 4.79 Å². The second kappa shape index (κ2) is 10.1. The van der Waals surface area contributed by atoms with Gasteiger partial charge in [0.15, 0.2) is 0 Å². The zero-order valence-electron chi connectivity index (χ0n) is 20.0. The Morgan fingerprint density at radius 3 is 2.56 bits per heavy atom. The van der Waals surface area contributed by atoms with Gasteiger partial charge >= 0.3 is 6.09 Å². The van der Waals surface area contributed by atoms with Gasteiger partial charge in [0, 0.05) is 34.9 Å². The largest absolute Gasteiger partial charge is 0.446 e. The molecule has 0 bridgehead atoms. The molecule has 0 saturated heterocycles. The standard InChI is InChI=1S/C27H28N6O3/c1-16-15-22(28)19-5-2-3-6-20(19)24(16)36-25-21(7-4-13-30-25)23-12-14-31-27(33-23)32-17-8-10-18(11-9-17)35-26(29)34/h2-7,12-15,17-18H,8-11,28H2,1H3,(H2,29,34)(H,31,32,33). The Labute approximate surface area is 208 Å². The monoisotopic (exact) mass is 484 g/mol. The lowest BCUT2D eigenvalue weighted by Gasteiger charge is -2.28. The van der Waals surface area contributed by atoms with Crippen LogP contribution in [0.4, 0.5) is 16.4 Å². The zero-order valence-corrected chi connectivity index (χ0v) is 20.0. The number of primary amides is 1. The number of nitrogens with zero attached hydrogens (tertiary/aromatic N) is 3. The van der Waals surface area contributed by atoms with Gasteiger partial charge in [0.1, 0.15) is 11.9 Å². The normalized spacial score (nSPS) is 17.5. The average molecular weight is 485 g/mol. The molecule has 1 fully saturated rings. The highest BCUT2D eigenvalue weighted by Gasteiger charge is 2.24. The van der Waals surface area contributed by atoms with Crippen LogP contribution in [0.3, 0.4) is 0 Å². The molecule has 9 heteroatoms. The van der Waals surface area contributed by atoms with E-state index in [4.69, 9.17) is 25.9 Å². The van der Waals surface area contributed by atoms with Crippen molar-refractivity contribution in [3.05, 3.63) is 66.5 Å². The Balaban J connectivity index is 1.38. The number of benzene rings is 2. The highest BCUT2D eigenvalue weighted by Crippen LogP contribution is 2.38. The second-order valence-corrected chi connectivity index (χ2v) is 8.94. The summed E-state index contributed by atoms with van der Waals surface area (Å²) in [5.41, 5.74) is 14.5. The summed E-state index contributed by atoms with van der Waals surface area (Å²) in [4.78, 5) is 24.6. The molecule has 2 heterocycles. The fourth-order valence-electron chi connectivity index (χ4n) is 4.67. The number of aromatic nitrogens is 3. The van der Waals surface area contributed by atoms with Crippen molar-refractivity contribution in [3.63, 3.8) is 0 Å². The van der Waals surface area contributed by atoms with E-state index in [-0.39, 0.29) is 12.1 Å². The van der Waals surface area contributed by atoms with Gasteiger partial charge in [0.2, 0.25) is 11.8 Å². The van der Waals surface area contributed by atoms with Gasteiger partial charge in [-0.3, -0.25) is 0 Å². The van der Waals surface area contributed by atoms with Crippen molar-refractivity contribution >= 4 is 28.5 Å². The summed E-state index contributed by atoms with van der Waals surface area (Å²) in [6.45, 7) is 1.97. The van der Waals surface area contributed by atoms with E-state index in [0.717, 1.165) is 47.6 Å². The van der Waals surface area contributed by atoms with Crippen LogP contribution >= 0.6 is 0 Å². The molecule has 2 aromatic heterocycles. The number of nitrogen functional groups attached to an aromatic ring is 1. The first-order valence-electron chi connectivity index (χ1n) is 11.9. The lowest BCUT2D eigenvalue weighted by atomic mass is 9.93.